The van der Waals surface area contributed by atoms with Gasteiger partial charge in [-0.15, -0.1) is 0 Å². The van der Waals surface area contributed by atoms with Gasteiger partial charge < -0.3 is 9.55 Å². The Labute approximate surface area is 159 Å². The summed E-state index contributed by atoms with van der Waals surface area (Å²) in [5, 5.41) is 0. The van der Waals surface area contributed by atoms with Gasteiger partial charge in [0.2, 0.25) is 0 Å². The molecule has 0 bridgehead atoms. The second kappa shape index (κ2) is 11.1. The molecular formula is C14H23N2ORb. The Morgan fingerprint density at radius 2 is 1.61 bits per heavy atom. The molecule has 0 aromatic carbocycles. The molecule has 1 atom stereocenters. The zero-order valence-electron chi connectivity index (χ0n) is 12.7. The Kier molecular flexibility index (Phi) is 12.8. The minimum atomic E-state index is -0.186. The summed E-state index contributed by atoms with van der Waals surface area (Å²) in [5.74, 6) is 0.407. The molecule has 0 fully saturated rings. The van der Waals surface area contributed by atoms with Crippen molar-refractivity contribution < 1.29 is 58.2 Å². The van der Waals surface area contributed by atoms with Crippen molar-refractivity contribution >= 4 is 12.2 Å². The molecule has 96 valence electrons. The van der Waals surface area contributed by atoms with Crippen LogP contribution in [-0.2, 0) is 7.05 Å². The molecule has 0 spiro atoms. The van der Waals surface area contributed by atoms with Crippen molar-refractivity contribution in [3.63, 3.8) is 0 Å². The average molecular weight is 321 g/mol. The summed E-state index contributed by atoms with van der Waals surface area (Å²) in [4.78, 5) is 15.1. The first-order chi connectivity index (χ1) is 8.18. The summed E-state index contributed by atoms with van der Waals surface area (Å²) < 4.78 is 1.56. The van der Waals surface area contributed by atoms with Crippen LogP contribution in [0.4, 0.5) is 0 Å². The molecule has 4 heteroatoms. The number of hydrogen-bond donors (Lipinski definition) is 0. The van der Waals surface area contributed by atoms with Crippen LogP contribution in [0, 0.1) is 5.92 Å². The maximum Gasteiger partial charge on any atom is 1.00 e. The molecular weight excluding hydrogens is 298 g/mol. The van der Waals surface area contributed by atoms with Crippen LogP contribution in [0.3, 0.4) is 0 Å². The smallest absolute Gasteiger partial charge is 0.413 e. The monoisotopic (exact) mass is 320 g/mol. The van der Waals surface area contributed by atoms with E-state index in [1.54, 1.807) is 11.6 Å². The molecule has 18 heavy (non-hydrogen) atoms. The minimum absolute atomic E-state index is 0. The number of imidazole rings is 1. The fourth-order valence-electron chi connectivity index (χ4n) is 1.38. The van der Waals surface area contributed by atoms with E-state index in [9.17, 15) is 4.79 Å². The predicted molar refractivity (Wildman–Crippen MR) is 74.9 cm³/mol. The van der Waals surface area contributed by atoms with E-state index in [1.165, 1.54) is 0 Å². The van der Waals surface area contributed by atoms with Crippen molar-refractivity contribution in [1.29, 1.82) is 0 Å². The third kappa shape index (κ3) is 5.51. The van der Waals surface area contributed by atoms with Crippen molar-refractivity contribution in [3.8, 4) is 0 Å². The van der Waals surface area contributed by atoms with Gasteiger partial charge in [0.15, 0.2) is 5.69 Å². The van der Waals surface area contributed by atoms with Gasteiger partial charge in [-0.25, -0.2) is 0 Å². The van der Waals surface area contributed by atoms with Gasteiger partial charge in [-0.2, -0.15) is 0 Å². The molecule has 1 aromatic rings. The molecule has 1 aliphatic carbocycles. The Hall–Kier alpha value is 0.295. The number of allylic oxidation sites excluding steroid dienone is 2. The van der Waals surface area contributed by atoms with E-state index in [4.69, 9.17) is 0 Å². The number of hydrogen-bond acceptors (Lipinski definition) is 1. The van der Waals surface area contributed by atoms with E-state index in [1.807, 2.05) is 45.9 Å². The van der Waals surface area contributed by atoms with Crippen LogP contribution in [-0.4, -0.2) is 4.57 Å². The summed E-state index contributed by atoms with van der Waals surface area (Å²) in [5.41, 5.74) is 1.48. The van der Waals surface area contributed by atoms with Gasteiger partial charge >= 0.3 is 58.2 Å². The van der Waals surface area contributed by atoms with Crippen LogP contribution in [0.15, 0.2) is 16.9 Å². The van der Waals surface area contributed by atoms with Crippen molar-refractivity contribution in [2.24, 2.45) is 13.0 Å². The number of nitrogens with zero attached hydrogens (tertiary/aromatic N) is 2. The van der Waals surface area contributed by atoms with Gasteiger partial charge in [-0.1, -0.05) is 66.0 Å². The topological polar surface area (TPSA) is 36.1 Å². The number of aromatic nitrogens is 2. The third-order valence-corrected chi connectivity index (χ3v) is 2.24. The van der Waals surface area contributed by atoms with E-state index in [2.05, 4.69) is 18.0 Å². The van der Waals surface area contributed by atoms with Gasteiger partial charge in [0.05, 0.1) is 0 Å². The van der Waals surface area contributed by atoms with Gasteiger partial charge in [0.1, 0.15) is 0 Å². The molecule has 1 aromatic heterocycles. The fourth-order valence-corrected chi connectivity index (χ4v) is 1.38. The second-order valence-corrected chi connectivity index (χ2v) is 3.30. The molecule has 0 N–H and O–H groups in total. The van der Waals surface area contributed by atoms with E-state index in [0.29, 0.717) is 5.92 Å². The minimum Gasteiger partial charge on any atom is -0.413 e. The Morgan fingerprint density at radius 1 is 1.11 bits per heavy atom. The SMILES string of the molecule is CC.CC.CC1C=Cc2[n-]c(=O)n(C)c2C=C1.[Rb+]. The van der Waals surface area contributed by atoms with Crippen LogP contribution < -0.4 is 68.9 Å². The van der Waals surface area contributed by atoms with Crippen molar-refractivity contribution in [1.82, 2.24) is 9.55 Å². The summed E-state index contributed by atoms with van der Waals surface area (Å²) >= 11 is 0. The molecule has 0 aliphatic heterocycles. The van der Waals surface area contributed by atoms with E-state index in [-0.39, 0.29) is 63.9 Å². The number of rotatable bonds is 0. The van der Waals surface area contributed by atoms with Crippen LogP contribution in [0.5, 0.6) is 0 Å². The molecule has 1 heterocycles. The largest absolute Gasteiger partial charge is 1.00 e. The quantitative estimate of drug-likeness (QED) is 0.678. The standard InChI is InChI=1S/C10H12N2O.2C2H6.Rb/c1-7-3-5-8-9(6-4-7)12(2)10(13)11-8;2*1-2;/h3-7H,1-2H3,(H,11,13);2*1-2H3;/q;;;+1/p-1. The predicted octanol–water partition coefficient (Wildman–Crippen LogP) is 0.0750. The van der Waals surface area contributed by atoms with Crippen LogP contribution >= 0.6 is 0 Å². The maximum atomic E-state index is 11.2. The molecule has 0 saturated heterocycles. The van der Waals surface area contributed by atoms with E-state index in [0.717, 1.165) is 11.4 Å². The normalized spacial score (nSPS) is 15.1. The first-order valence-corrected chi connectivity index (χ1v) is 6.28. The fraction of sp³-hybridized carbons (Fsp3) is 0.500. The molecule has 1 unspecified atom stereocenters. The Bertz CT molecular complexity index is 441. The summed E-state index contributed by atoms with van der Waals surface area (Å²) in [6.45, 7) is 10.1. The van der Waals surface area contributed by atoms with Gasteiger partial charge in [0, 0.05) is 0 Å². The summed E-state index contributed by atoms with van der Waals surface area (Å²) in [6.07, 6.45) is 7.95. The second-order valence-electron chi connectivity index (χ2n) is 3.30. The van der Waals surface area contributed by atoms with Crippen molar-refractivity contribution in [2.75, 3.05) is 0 Å². The summed E-state index contributed by atoms with van der Waals surface area (Å²) in [7, 11) is 1.74. The first kappa shape index (κ1) is 20.6. The molecule has 1 aliphatic rings. The Morgan fingerprint density at radius 3 is 2.17 bits per heavy atom. The zero-order chi connectivity index (χ0) is 13.4. The maximum absolute atomic E-state index is 11.2. The van der Waals surface area contributed by atoms with Gasteiger partial charge in [-0.05, 0) is 17.3 Å². The van der Waals surface area contributed by atoms with E-state index >= 15 is 0 Å². The van der Waals surface area contributed by atoms with E-state index < -0.39 is 0 Å². The molecule has 0 saturated carbocycles. The summed E-state index contributed by atoms with van der Waals surface area (Å²) in [6, 6.07) is 0. The first-order valence-electron chi connectivity index (χ1n) is 6.28. The van der Waals surface area contributed by atoms with Crippen molar-refractivity contribution in [2.45, 2.75) is 34.6 Å². The van der Waals surface area contributed by atoms with Crippen LogP contribution in [0.25, 0.3) is 12.2 Å². The third-order valence-electron chi connectivity index (χ3n) is 2.24. The molecule has 2 rings (SSSR count). The average Bonchev–Trinajstić information content (AvgIpc) is 2.54. The number of fused-ring (bicyclic) bond motifs is 1. The van der Waals surface area contributed by atoms with Crippen LogP contribution in [0.1, 0.15) is 46.0 Å². The molecule has 3 nitrogen and oxygen atoms in total. The Balaban J connectivity index is 0. The molecule has 0 radical (unpaired) electrons. The zero-order valence-corrected chi connectivity index (χ0v) is 17.6. The van der Waals surface area contributed by atoms with Gasteiger partial charge in [0.25, 0.3) is 0 Å². The van der Waals surface area contributed by atoms with Gasteiger partial charge in [-0.3, -0.25) is 4.79 Å². The van der Waals surface area contributed by atoms with Crippen molar-refractivity contribution in [3.05, 3.63) is 34.0 Å². The molecule has 0 amide bonds. The van der Waals surface area contributed by atoms with Crippen LogP contribution in [0.2, 0.25) is 0 Å².